The van der Waals surface area contributed by atoms with Crippen LogP contribution in [0.4, 0.5) is 5.69 Å². The number of amides is 1. The maximum Gasteiger partial charge on any atom is 0.282 e. The lowest BCUT2D eigenvalue weighted by molar-refractivity contribution is -0.385. The molecule has 0 bridgehead atoms. The first-order valence-corrected chi connectivity index (χ1v) is 6.74. The van der Waals surface area contributed by atoms with Gasteiger partial charge in [-0.05, 0) is 11.6 Å². The van der Waals surface area contributed by atoms with Crippen molar-refractivity contribution in [3.05, 3.63) is 75.8 Å². The van der Waals surface area contributed by atoms with Crippen LogP contribution in [0.15, 0.2) is 54.6 Å². The lowest BCUT2D eigenvalue weighted by atomic mass is 10.1. The number of halogens is 1. The van der Waals surface area contributed by atoms with Gasteiger partial charge in [0, 0.05) is 12.6 Å². The Kier molecular flexibility index (Phi) is 4.90. The summed E-state index contributed by atoms with van der Waals surface area (Å²) in [5, 5.41) is 13.1. The molecule has 1 unspecified atom stereocenters. The van der Waals surface area contributed by atoms with E-state index in [1.165, 1.54) is 18.2 Å². The molecule has 0 aromatic heterocycles. The fourth-order valence-electron chi connectivity index (χ4n) is 1.88. The summed E-state index contributed by atoms with van der Waals surface area (Å²) in [5.41, 5.74) is 0.683. The van der Waals surface area contributed by atoms with Gasteiger partial charge >= 0.3 is 0 Å². The van der Waals surface area contributed by atoms with E-state index in [0.717, 1.165) is 5.56 Å². The molecule has 21 heavy (non-hydrogen) atoms. The summed E-state index contributed by atoms with van der Waals surface area (Å²) in [4.78, 5) is 22.3. The first-order chi connectivity index (χ1) is 10.1. The summed E-state index contributed by atoms with van der Waals surface area (Å²) >= 11 is 6.19. The van der Waals surface area contributed by atoms with E-state index in [9.17, 15) is 14.9 Å². The molecular weight excluding hydrogens is 292 g/mol. The Morgan fingerprint density at radius 2 is 1.76 bits per heavy atom. The summed E-state index contributed by atoms with van der Waals surface area (Å²) in [7, 11) is 0. The maximum atomic E-state index is 12.0. The van der Waals surface area contributed by atoms with Gasteiger partial charge in [0.2, 0.25) is 0 Å². The van der Waals surface area contributed by atoms with Gasteiger partial charge in [0.1, 0.15) is 5.56 Å². The molecule has 0 aliphatic carbocycles. The molecule has 0 aliphatic heterocycles. The van der Waals surface area contributed by atoms with E-state index in [1.54, 1.807) is 6.07 Å². The second-order valence-corrected chi connectivity index (χ2v) is 4.89. The van der Waals surface area contributed by atoms with E-state index in [-0.39, 0.29) is 17.8 Å². The molecule has 2 aromatic carbocycles. The van der Waals surface area contributed by atoms with Crippen molar-refractivity contribution in [2.75, 3.05) is 6.54 Å². The molecule has 0 fully saturated rings. The molecule has 0 heterocycles. The van der Waals surface area contributed by atoms with Gasteiger partial charge in [-0.1, -0.05) is 42.5 Å². The average molecular weight is 305 g/mol. The molecule has 1 N–H and O–H groups in total. The summed E-state index contributed by atoms with van der Waals surface area (Å²) in [6.07, 6.45) is 0. The highest BCUT2D eigenvalue weighted by Crippen LogP contribution is 2.20. The van der Waals surface area contributed by atoms with Crippen LogP contribution in [0.5, 0.6) is 0 Å². The Bertz CT molecular complexity index is 646. The van der Waals surface area contributed by atoms with Crippen LogP contribution in [0.1, 0.15) is 21.3 Å². The van der Waals surface area contributed by atoms with Crippen LogP contribution < -0.4 is 5.32 Å². The Morgan fingerprint density at radius 3 is 2.43 bits per heavy atom. The van der Waals surface area contributed by atoms with E-state index in [1.807, 2.05) is 30.3 Å². The van der Waals surface area contributed by atoms with Crippen molar-refractivity contribution < 1.29 is 9.72 Å². The minimum absolute atomic E-state index is 0.0272. The zero-order chi connectivity index (χ0) is 15.2. The standard InChI is InChI=1S/C15H13ClN2O3/c16-13(11-6-2-1-3-7-11)10-17-15(19)12-8-4-5-9-14(12)18(20)21/h1-9,13H,10H2,(H,17,19). The van der Waals surface area contributed by atoms with Gasteiger partial charge in [-0.25, -0.2) is 0 Å². The van der Waals surface area contributed by atoms with Gasteiger partial charge in [-0.2, -0.15) is 0 Å². The minimum Gasteiger partial charge on any atom is -0.350 e. The average Bonchev–Trinajstić information content (AvgIpc) is 2.53. The highest BCUT2D eigenvalue weighted by Gasteiger charge is 2.19. The molecule has 1 amide bonds. The molecule has 0 radical (unpaired) electrons. The number of nitro benzene ring substituents is 1. The predicted molar refractivity (Wildman–Crippen MR) is 80.5 cm³/mol. The highest BCUT2D eigenvalue weighted by atomic mass is 35.5. The van der Waals surface area contributed by atoms with Gasteiger partial charge in [0.05, 0.1) is 10.3 Å². The van der Waals surface area contributed by atoms with Crippen LogP contribution in [0, 0.1) is 10.1 Å². The van der Waals surface area contributed by atoms with Crippen molar-refractivity contribution in [1.82, 2.24) is 5.32 Å². The number of hydrogen-bond donors (Lipinski definition) is 1. The van der Waals surface area contributed by atoms with Crippen molar-refractivity contribution in [2.24, 2.45) is 0 Å². The highest BCUT2D eigenvalue weighted by molar-refractivity contribution is 6.21. The van der Waals surface area contributed by atoms with E-state index < -0.39 is 16.2 Å². The van der Waals surface area contributed by atoms with Crippen molar-refractivity contribution >= 4 is 23.2 Å². The third-order valence-corrected chi connectivity index (χ3v) is 3.35. The number of hydrogen-bond acceptors (Lipinski definition) is 3. The number of nitrogens with zero attached hydrogens (tertiary/aromatic N) is 1. The molecule has 5 nitrogen and oxygen atoms in total. The van der Waals surface area contributed by atoms with Crippen molar-refractivity contribution in [1.29, 1.82) is 0 Å². The van der Waals surface area contributed by atoms with Crippen molar-refractivity contribution in [2.45, 2.75) is 5.38 Å². The Balaban J connectivity index is 2.04. The van der Waals surface area contributed by atoms with Crippen molar-refractivity contribution in [3.63, 3.8) is 0 Å². The third-order valence-electron chi connectivity index (χ3n) is 2.95. The number of carbonyl (C=O) groups excluding carboxylic acids is 1. The topological polar surface area (TPSA) is 72.2 Å². The van der Waals surface area contributed by atoms with Gasteiger partial charge < -0.3 is 5.32 Å². The van der Waals surface area contributed by atoms with Crippen LogP contribution in [0.2, 0.25) is 0 Å². The first kappa shape index (κ1) is 15.0. The summed E-state index contributed by atoms with van der Waals surface area (Å²) in [5.74, 6) is -0.510. The number of carbonyl (C=O) groups is 1. The van der Waals surface area contributed by atoms with Crippen LogP contribution in [-0.2, 0) is 0 Å². The quantitative estimate of drug-likeness (QED) is 0.523. The SMILES string of the molecule is O=C(NCC(Cl)c1ccccc1)c1ccccc1[N+](=O)[O-]. The third kappa shape index (κ3) is 3.79. The molecule has 6 heteroatoms. The van der Waals surface area contributed by atoms with Crippen LogP contribution in [0.3, 0.4) is 0 Å². The smallest absolute Gasteiger partial charge is 0.282 e. The van der Waals surface area contributed by atoms with Crippen LogP contribution in [0.25, 0.3) is 0 Å². The summed E-state index contributed by atoms with van der Waals surface area (Å²) in [6, 6.07) is 15.1. The molecule has 0 saturated heterocycles. The number of alkyl halides is 1. The molecule has 2 aromatic rings. The van der Waals surface area contributed by atoms with Crippen molar-refractivity contribution in [3.8, 4) is 0 Å². The molecule has 0 saturated carbocycles. The lowest BCUT2D eigenvalue weighted by Gasteiger charge is -2.11. The Hall–Kier alpha value is -2.40. The number of benzene rings is 2. The van der Waals surface area contributed by atoms with E-state index >= 15 is 0 Å². The molecular formula is C15H13ClN2O3. The summed E-state index contributed by atoms with van der Waals surface area (Å²) in [6.45, 7) is 0.191. The number of nitro groups is 1. The number of nitrogens with one attached hydrogen (secondary N) is 1. The molecule has 1 atom stereocenters. The molecule has 0 spiro atoms. The Labute approximate surface area is 126 Å². The zero-order valence-electron chi connectivity index (χ0n) is 11.0. The first-order valence-electron chi connectivity index (χ1n) is 6.30. The Morgan fingerprint density at radius 1 is 1.14 bits per heavy atom. The second kappa shape index (κ2) is 6.85. The van der Waals surface area contributed by atoms with Crippen LogP contribution in [-0.4, -0.2) is 17.4 Å². The van der Waals surface area contributed by atoms with Gasteiger partial charge in [0.15, 0.2) is 0 Å². The maximum absolute atomic E-state index is 12.0. The second-order valence-electron chi connectivity index (χ2n) is 4.36. The monoisotopic (exact) mass is 304 g/mol. The number of rotatable bonds is 5. The summed E-state index contributed by atoms with van der Waals surface area (Å²) < 4.78 is 0. The number of para-hydroxylation sites is 1. The lowest BCUT2D eigenvalue weighted by Crippen LogP contribution is -2.27. The minimum atomic E-state index is -0.579. The fraction of sp³-hybridized carbons (Fsp3) is 0.133. The van der Waals surface area contributed by atoms with Crippen LogP contribution >= 0.6 is 11.6 Å². The fourth-order valence-corrected chi connectivity index (χ4v) is 2.10. The van der Waals surface area contributed by atoms with E-state index in [4.69, 9.17) is 11.6 Å². The van der Waals surface area contributed by atoms with Gasteiger partial charge in [-0.15, -0.1) is 11.6 Å². The van der Waals surface area contributed by atoms with E-state index in [2.05, 4.69) is 5.32 Å². The zero-order valence-corrected chi connectivity index (χ0v) is 11.8. The van der Waals surface area contributed by atoms with E-state index in [0.29, 0.717) is 0 Å². The molecule has 0 aliphatic rings. The largest absolute Gasteiger partial charge is 0.350 e. The molecule has 2 rings (SSSR count). The van der Waals surface area contributed by atoms with Gasteiger partial charge in [-0.3, -0.25) is 14.9 Å². The van der Waals surface area contributed by atoms with Gasteiger partial charge in [0.25, 0.3) is 11.6 Å². The normalized spacial score (nSPS) is 11.7. The molecule has 108 valence electrons. The predicted octanol–water partition coefficient (Wildman–Crippen LogP) is 3.30.